The number of aromatic nitrogens is 2. The zero-order chi connectivity index (χ0) is 21.5. The number of hydrogen-bond acceptors (Lipinski definition) is 6. The number of ether oxygens (including phenoxy) is 1. The average molecular weight is 426 g/mol. The molecule has 1 unspecified atom stereocenters. The van der Waals surface area contributed by atoms with Crippen LogP contribution in [-0.4, -0.2) is 35.3 Å². The van der Waals surface area contributed by atoms with E-state index in [2.05, 4.69) is 26.1 Å². The number of para-hydroxylation sites is 2. The predicted molar refractivity (Wildman–Crippen MR) is 118 cm³/mol. The van der Waals surface area contributed by atoms with Gasteiger partial charge in [0.2, 0.25) is 11.0 Å². The van der Waals surface area contributed by atoms with Gasteiger partial charge in [-0.3, -0.25) is 10.1 Å². The zero-order valence-electron chi connectivity index (χ0n) is 16.9. The van der Waals surface area contributed by atoms with Gasteiger partial charge in [-0.05, 0) is 18.1 Å². The van der Waals surface area contributed by atoms with Crippen molar-refractivity contribution >= 4 is 34.1 Å². The molecular weight excluding hydrogens is 402 g/mol. The summed E-state index contributed by atoms with van der Waals surface area (Å²) in [6, 6.07) is 15.4. The fourth-order valence-corrected chi connectivity index (χ4v) is 3.49. The van der Waals surface area contributed by atoms with E-state index in [1.165, 1.54) is 18.4 Å². The number of nitrogens with one attached hydrogen (secondary N) is 3. The van der Waals surface area contributed by atoms with E-state index in [4.69, 9.17) is 4.74 Å². The second-order valence-corrected chi connectivity index (χ2v) is 7.77. The zero-order valence-corrected chi connectivity index (χ0v) is 17.7. The smallest absolute Gasteiger partial charge is 0.320 e. The Morgan fingerprint density at radius 2 is 1.67 bits per heavy atom. The minimum absolute atomic E-state index is 0.144. The molecule has 156 valence electrons. The predicted octanol–water partition coefficient (Wildman–Crippen LogP) is 4.00. The van der Waals surface area contributed by atoms with Gasteiger partial charge in [-0.25, -0.2) is 4.79 Å². The third-order valence-electron chi connectivity index (χ3n) is 4.27. The van der Waals surface area contributed by atoms with Crippen LogP contribution >= 0.6 is 11.3 Å². The third kappa shape index (κ3) is 5.32. The van der Waals surface area contributed by atoms with E-state index in [0.717, 1.165) is 5.56 Å². The summed E-state index contributed by atoms with van der Waals surface area (Å²) in [5, 5.41) is 17.4. The Labute approximate surface area is 178 Å². The van der Waals surface area contributed by atoms with Crippen LogP contribution in [-0.2, 0) is 4.79 Å². The van der Waals surface area contributed by atoms with Gasteiger partial charge >= 0.3 is 6.03 Å². The molecule has 0 aliphatic heterocycles. The van der Waals surface area contributed by atoms with Gasteiger partial charge in [0.15, 0.2) is 0 Å². The van der Waals surface area contributed by atoms with E-state index in [9.17, 15) is 9.59 Å². The van der Waals surface area contributed by atoms with E-state index < -0.39 is 12.1 Å². The lowest BCUT2D eigenvalue weighted by Gasteiger charge is -2.21. The Morgan fingerprint density at radius 1 is 0.967 bits per heavy atom. The molecule has 0 aliphatic carbocycles. The number of amides is 3. The molecule has 0 aliphatic rings. The van der Waals surface area contributed by atoms with Gasteiger partial charge in [0.05, 0.1) is 12.8 Å². The molecule has 3 amide bonds. The number of methoxy groups -OCH3 is 1. The normalized spacial score (nSPS) is 11.6. The van der Waals surface area contributed by atoms with Gasteiger partial charge in [-0.15, -0.1) is 10.2 Å². The van der Waals surface area contributed by atoms with Crippen molar-refractivity contribution < 1.29 is 14.3 Å². The first kappa shape index (κ1) is 21.3. The maximum absolute atomic E-state index is 12.8. The van der Waals surface area contributed by atoms with Crippen molar-refractivity contribution in [3.05, 3.63) is 54.6 Å². The maximum Gasteiger partial charge on any atom is 0.320 e. The fourth-order valence-electron chi connectivity index (χ4n) is 2.74. The number of rotatable bonds is 7. The van der Waals surface area contributed by atoms with Crippen molar-refractivity contribution in [2.75, 3.05) is 17.7 Å². The Hall–Kier alpha value is -3.46. The quantitative estimate of drug-likeness (QED) is 0.531. The topological polar surface area (TPSA) is 105 Å². The first-order chi connectivity index (χ1) is 14.5. The summed E-state index contributed by atoms with van der Waals surface area (Å²) in [6.07, 6.45) is 0. The fraction of sp³-hybridized carbons (Fsp3) is 0.238. The highest BCUT2D eigenvalue weighted by Gasteiger charge is 2.25. The standard InChI is InChI=1S/C21H23N5O3S/c1-13(2)17(23-20(28)22-15-11-7-8-12-16(15)29-3)18(27)24-21-26-25-19(30-21)14-9-5-4-6-10-14/h4-13,17H,1-3H3,(H2,22,23,28)(H,24,26,27). The molecule has 1 aromatic heterocycles. The minimum atomic E-state index is -0.760. The van der Waals surface area contributed by atoms with Crippen molar-refractivity contribution in [3.8, 4) is 16.3 Å². The van der Waals surface area contributed by atoms with Crippen LogP contribution in [0.15, 0.2) is 54.6 Å². The lowest BCUT2D eigenvalue weighted by molar-refractivity contribution is -0.118. The molecule has 0 bridgehead atoms. The van der Waals surface area contributed by atoms with Crippen molar-refractivity contribution in [3.63, 3.8) is 0 Å². The van der Waals surface area contributed by atoms with Crippen LogP contribution in [0.1, 0.15) is 13.8 Å². The summed E-state index contributed by atoms with van der Waals surface area (Å²) < 4.78 is 5.23. The van der Waals surface area contributed by atoms with Crippen LogP contribution in [0.5, 0.6) is 5.75 Å². The van der Waals surface area contributed by atoms with Gasteiger partial charge in [0.1, 0.15) is 16.8 Å². The van der Waals surface area contributed by atoms with Crippen molar-refractivity contribution in [1.29, 1.82) is 0 Å². The van der Waals surface area contributed by atoms with Gasteiger partial charge in [0, 0.05) is 5.56 Å². The van der Waals surface area contributed by atoms with Crippen molar-refractivity contribution in [2.45, 2.75) is 19.9 Å². The number of carbonyl (C=O) groups excluding carboxylic acids is 2. The largest absolute Gasteiger partial charge is 0.495 e. The van der Waals surface area contributed by atoms with E-state index >= 15 is 0 Å². The van der Waals surface area contributed by atoms with Crippen molar-refractivity contribution in [2.24, 2.45) is 5.92 Å². The molecule has 8 nitrogen and oxygen atoms in total. The maximum atomic E-state index is 12.8. The average Bonchev–Trinajstić information content (AvgIpc) is 3.21. The Kier molecular flexibility index (Phi) is 6.97. The second-order valence-electron chi connectivity index (χ2n) is 6.79. The second kappa shape index (κ2) is 9.84. The summed E-state index contributed by atoms with van der Waals surface area (Å²) in [7, 11) is 1.52. The van der Waals surface area contributed by atoms with Crippen LogP contribution in [0, 0.1) is 5.92 Å². The van der Waals surface area contributed by atoms with Crippen molar-refractivity contribution in [1.82, 2.24) is 15.5 Å². The summed E-state index contributed by atoms with van der Waals surface area (Å²) in [4.78, 5) is 25.2. The molecule has 1 heterocycles. The number of carbonyl (C=O) groups is 2. The molecule has 9 heteroatoms. The highest BCUT2D eigenvalue weighted by molar-refractivity contribution is 7.18. The van der Waals surface area contributed by atoms with Gasteiger partial charge < -0.3 is 15.4 Å². The first-order valence-corrected chi connectivity index (χ1v) is 10.2. The lowest BCUT2D eigenvalue weighted by atomic mass is 10.0. The van der Waals surface area contributed by atoms with E-state index in [1.807, 2.05) is 44.2 Å². The number of nitrogens with zero attached hydrogens (tertiary/aromatic N) is 2. The SMILES string of the molecule is COc1ccccc1NC(=O)NC(C(=O)Nc1nnc(-c2ccccc2)s1)C(C)C. The molecule has 3 N–H and O–H groups in total. The van der Waals surface area contributed by atoms with Gasteiger partial charge in [-0.1, -0.05) is 67.6 Å². The number of anilines is 2. The van der Waals surface area contributed by atoms with E-state index in [-0.39, 0.29) is 11.8 Å². The molecule has 0 spiro atoms. The summed E-state index contributed by atoms with van der Waals surface area (Å²) >= 11 is 1.27. The summed E-state index contributed by atoms with van der Waals surface area (Å²) in [5.41, 5.74) is 1.43. The summed E-state index contributed by atoms with van der Waals surface area (Å²) in [5.74, 6) is 0.0198. The van der Waals surface area contributed by atoms with E-state index in [0.29, 0.717) is 21.6 Å². The monoisotopic (exact) mass is 425 g/mol. The molecule has 3 aromatic rings. The minimum Gasteiger partial charge on any atom is -0.495 e. The molecule has 1 atom stereocenters. The summed E-state index contributed by atoms with van der Waals surface area (Å²) in [6.45, 7) is 3.70. The van der Waals surface area contributed by atoms with Gasteiger partial charge in [-0.2, -0.15) is 0 Å². The molecule has 3 rings (SSSR count). The first-order valence-electron chi connectivity index (χ1n) is 9.38. The van der Waals surface area contributed by atoms with E-state index in [1.54, 1.807) is 24.3 Å². The van der Waals surface area contributed by atoms with Crippen LogP contribution in [0.3, 0.4) is 0 Å². The molecular formula is C21H23N5O3S. The lowest BCUT2D eigenvalue weighted by Crippen LogP contribution is -2.48. The highest BCUT2D eigenvalue weighted by atomic mass is 32.1. The Balaban J connectivity index is 1.65. The molecule has 30 heavy (non-hydrogen) atoms. The molecule has 0 radical (unpaired) electrons. The Morgan fingerprint density at radius 3 is 2.37 bits per heavy atom. The van der Waals surface area contributed by atoms with Crippen LogP contribution in [0.4, 0.5) is 15.6 Å². The number of urea groups is 1. The molecule has 0 fully saturated rings. The Bertz CT molecular complexity index is 1010. The number of benzene rings is 2. The van der Waals surface area contributed by atoms with Crippen LogP contribution in [0.2, 0.25) is 0 Å². The van der Waals surface area contributed by atoms with Crippen LogP contribution < -0.4 is 20.7 Å². The third-order valence-corrected chi connectivity index (χ3v) is 5.15. The van der Waals surface area contributed by atoms with Crippen LogP contribution in [0.25, 0.3) is 10.6 Å². The van der Waals surface area contributed by atoms with Gasteiger partial charge in [0.25, 0.3) is 0 Å². The molecule has 0 saturated heterocycles. The molecule has 0 saturated carbocycles. The molecule has 2 aromatic carbocycles. The number of hydrogen-bond donors (Lipinski definition) is 3. The highest BCUT2D eigenvalue weighted by Crippen LogP contribution is 2.26.